The van der Waals surface area contributed by atoms with Crippen LogP contribution in [0.5, 0.6) is 0 Å². The van der Waals surface area contributed by atoms with E-state index < -0.39 is 6.10 Å². The highest BCUT2D eigenvalue weighted by molar-refractivity contribution is 7.07. The first-order valence-corrected chi connectivity index (χ1v) is 5.76. The van der Waals surface area contributed by atoms with Gasteiger partial charge in [-0.3, -0.25) is 0 Å². The summed E-state index contributed by atoms with van der Waals surface area (Å²) in [6, 6.07) is 3.88. The third-order valence-electron chi connectivity index (χ3n) is 2.28. The van der Waals surface area contributed by atoms with Crippen LogP contribution in [-0.4, -0.2) is 15.3 Å². The van der Waals surface area contributed by atoms with Crippen LogP contribution in [0.3, 0.4) is 0 Å². The predicted molar refractivity (Wildman–Crippen MR) is 59.6 cm³/mol. The highest BCUT2D eigenvalue weighted by Gasteiger charge is 2.07. The number of aryl methyl sites for hydroxylation is 1. The SMILES string of the molecule is OC(CCc1ccsc1)c1ccnnc1. The molecular formula is C11H12N2OS. The fraction of sp³-hybridized carbons (Fsp3) is 0.273. The molecule has 3 nitrogen and oxygen atoms in total. The Morgan fingerprint density at radius 1 is 1.33 bits per heavy atom. The lowest BCUT2D eigenvalue weighted by atomic mass is 10.1. The third kappa shape index (κ3) is 2.84. The van der Waals surface area contributed by atoms with Gasteiger partial charge in [0.1, 0.15) is 0 Å². The molecule has 0 radical (unpaired) electrons. The van der Waals surface area contributed by atoms with E-state index in [1.165, 1.54) is 5.56 Å². The first-order chi connectivity index (χ1) is 7.36. The summed E-state index contributed by atoms with van der Waals surface area (Å²) in [5.41, 5.74) is 2.11. The van der Waals surface area contributed by atoms with E-state index in [1.54, 1.807) is 29.8 Å². The van der Waals surface area contributed by atoms with Crippen LogP contribution in [-0.2, 0) is 6.42 Å². The van der Waals surface area contributed by atoms with Crippen molar-refractivity contribution in [3.05, 3.63) is 46.4 Å². The zero-order valence-corrected chi connectivity index (χ0v) is 9.02. The van der Waals surface area contributed by atoms with Gasteiger partial charge in [-0.2, -0.15) is 21.5 Å². The highest BCUT2D eigenvalue weighted by atomic mass is 32.1. The molecule has 2 rings (SSSR count). The minimum absolute atomic E-state index is 0.444. The molecule has 1 unspecified atom stereocenters. The number of aromatic nitrogens is 2. The Bertz CT molecular complexity index is 388. The quantitative estimate of drug-likeness (QED) is 0.859. The van der Waals surface area contributed by atoms with Gasteiger partial charge in [0, 0.05) is 11.8 Å². The Labute approximate surface area is 92.4 Å². The molecule has 1 N–H and O–H groups in total. The van der Waals surface area contributed by atoms with E-state index in [0.29, 0.717) is 0 Å². The Morgan fingerprint density at radius 3 is 2.93 bits per heavy atom. The summed E-state index contributed by atoms with van der Waals surface area (Å²) >= 11 is 1.68. The molecule has 2 aromatic rings. The van der Waals surface area contributed by atoms with Crippen LogP contribution in [0, 0.1) is 0 Å². The van der Waals surface area contributed by atoms with Crippen LogP contribution in [0.4, 0.5) is 0 Å². The number of rotatable bonds is 4. The summed E-state index contributed by atoms with van der Waals surface area (Å²) in [6.45, 7) is 0. The van der Waals surface area contributed by atoms with Crippen molar-refractivity contribution in [2.75, 3.05) is 0 Å². The Kier molecular flexibility index (Phi) is 3.42. The fourth-order valence-corrected chi connectivity index (χ4v) is 2.11. The van der Waals surface area contributed by atoms with E-state index in [0.717, 1.165) is 18.4 Å². The molecule has 0 aliphatic carbocycles. The van der Waals surface area contributed by atoms with E-state index in [9.17, 15) is 5.11 Å². The summed E-state index contributed by atoms with van der Waals surface area (Å²) < 4.78 is 0. The van der Waals surface area contributed by atoms with Gasteiger partial charge >= 0.3 is 0 Å². The molecule has 0 saturated carbocycles. The first kappa shape index (κ1) is 10.3. The van der Waals surface area contributed by atoms with Crippen molar-refractivity contribution in [2.24, 2.45) is 0 Å². The van der Waals surface area contributed by atoms with Crippen molar-refractivity contribution < 1.29 is 5.11 Å². The molecule has 0 spiro atoms. The van der Waals surface area contributed by atoms with Crippen molar-refractivity contribution in [3.8, 4) is 0 Å². The Balaban J connectivity index is 1.90. The highest BCUT2D eigenvalue weighted by Crippen LogP contribution is 2.18. The van der Waals surface area contributed by atoms with E-state index in [-0.39, 0.29) is 0 Å². The molecule has 2 heterocycles. The first-order valence-electron chi connectivity index (χ1n) is 4.82. The summed E-state index contributed by atoms with van der Waals surface area (Å²) in [7, 11) is 0. The number of hydrogen-bond acceptors (Lipinski definition) is 4. The van der Waals surface area contributed by atoms with Crippen molar-refractivity contribution in [2.45, 2.75) is 18.9 Å². The van der Waals surface area contributed by atoms with E-state index in [2.05, 4.69) is 27.0 Å². The molecule has 0 aromatic carbocycles. The third-order valence-corrected chi connectivity index (χ3v) is 3.01. The predicted octanol–water partition coefficient (Wildman–Crippen LogP) is 2.20. The van der Waals surface area contributed by atoms with Gasteiger partial charge in [-0.05, 0) is 41.3 Å². The molecule has 0 saturated heterocycles. The van der Waals surface area contributed by atoms with Crippen LogP contribution in [0.1, 0.15) is 23.7 Å². The van der Waals surface area contributed by atoms with E-state index in [4.69, 9.17) is 0 Å². The van der Waals surface area contributed by atoms with Gasteiger partial charge in [-0.25, -0.2) is 0 Å². The molecule has 0 aliphatic heterocycles. The normalized spacial score (nSPS) is 12.6. The van der Waals surface area contributed by atoms with Gasteiger partial charge in [0.25, 0.3) is 0 Å². The zero-order valence-electron chi connectivity index (χ0n) is 8.21. The van der Waals surface area contributed by atoms with Crippen molar-refractivity contribution >= 4 is 11.3 Å². The lowest BCUT2D eigenvalue weighted by molar-refractivity contribution is 0.167. The van der Waals surface area contributed by atoms with Crippen LogP contribution in [0.2, 0.25) is 0 Å². The molecule has 0 fully saturated rings. The van der Waals surface area contributed by atoms with Gasteiger partial charge in [0.15, 0.2) is 0 Å². The van der Waals surface area contributed by atoms with Crippen molar-refractivity contribution in [1.82, 2.24) is 10.2 Å². The van der Waals surface area contributed by atoms with Crippen molar-refractivity contribution in [3.63, 3.8) is 0 Å². The van der Waals surface area contributed by atoms with Gasteiger partial charge in [0.2, 0.25) is 0 Å². The van der Waals surface area contributed by atoms with E-state index in [1.807, 2.05) is 0 Å². The zero-order chi connectivity index (χ0) is 10.5. The second kappa shape index (κ2) is 5.00. The largest absolute Gasteiger partial charge is 0.388 e. The van der Waals surface area contributed by atoms with Gasteiger partial charge in [0.05, 0.1) is 12.3 Å². The molecule has 15 heavy (non-hydrogen) atoms. The minimum Gasteiger partial charge on any atom is -0.388 e. The number of aliphatic hydroxyl groups is 1. The lowest BCUT2D eigenvalue weighted by Crippen LogP contribution is -2.00. The summed E-state index contributed by atoms with van der Waals surface area (Å²) in [5, 5.41) is 21.4. The molecule has 0 aliphatic rings. The Morgan fingerprint density at radius 2 is 2.27 bits per heavy atom. The smallest absolute Gasteiger partial charge is 0.0809 e. The molecular weight excluding hydrogens is 208 g/mol. The molecule has 78 valence electrons. The molecule has 1 atom stereocenters. The van der Waals surface area contributed by atoms with Crippen LogP contribution in [0.25, 0.3) is 0 Å². The summed E-state index contributed by atoms with van der Waals surface area (Å²) in [4.78, 5) is 0. The number of thiophene rings is 1. The van der Waals surface area contributed by atoms with Gasteiger partial charge in [-0.1, -0.05) is 0 Å². The maximum absolute atomic E-state index is 9.85. The number of hydrogen-bond donors (Lipinski definition) is 1. The molecule has 0 bridgehead atoms. The second-order valence-corrected chi connectivity index (χ2v) is 4.14. The molecule has 0 amide bonds. The minimum atomic E-state index is -0.444. The monoisotopic (exact) mass is 220 g/mol. The van der Waals surface area contributed by atoms with E-state index >= 15 is 0 Å². The lowest BCUT2D eigenvalue weighted by Gasteiger charge is -2.08. The number of aliphatic hydroxyl groups excluding tert-OH is 1. The Hall–Kier alpha value is -1.26. The molecule has 4 heteroatoms. The maximum Gasteiger partial charge on any atom is 0.0809 e. The van der Waals surface area contributed by atoms with Crippen LogP contribution < -0.4 is 0 Å². The molecule has 2 aromatic heterocycles. The van der Waals surface area contributed by atoms with Crippen molar-refractivity contribution in [1.29, 1.82) is 0 Å². The van der Waals surface area contributed by atoms with Gasteiger partial charge in [-0.15, -0.1) is 0 Å². The average Bonchev–Trinajstić information content (AvgIpc) is 2.80. The maximum atomic E-state index is 9.85. The van der Waals surface area contributed by atoms with Crippen LogP contribution in [0.15, 0.2) is 35.3 Å². The van der Waals surface area contributed by atoms with Gasteiger partial charge < -0.3 is 5.11 Å². The number of nitrogens with zero attached hydrogens (tertiary/aromatic N) is 2. The fourth-order valence-electron chi connectivity index (χ4n) is 1.40. The average molecular weight is 220 g/mol. The second-order valence-electron chi connectivity index (χ2n) is 3.36. The summed E-state index contributed by atoms with van der Waals surface area (Å²) in [5.74, 6) is 0. The summed E-state index contributed by atoms with van der Waals surface area (Å²) in [6.07, 6.45) is 4.39. The standard InChI is InChI=1S/C11H12N2OS/c14-11(10-3-5-12-13-7-10)2-1-9-4-6-15-8-9/h3-8,11,14H,1-2H2. The topological polar surface area (TPSA) is 46.0 Å². The van der Waals surface area contributed by atoms with Crippen LogP contribution >= 0.6 is 11.3 Å².